The maximum Gasteiger partial charge on any atom is 0.292 e. The molecule has 0 aromatic carbocycles. The van der Waals surface area contributed by atoms with Crippen LogP contribution in [0.5, 0.6) is 5.75 Å². The minimum Gasteiger partial charge on any atom is -0.488 e. The predicted molar refractivity (Wildman–Crippen MR) is 72.2 cm³/mol. The summed E-state index contributed by atoms with van der Waals surface area (Å²) in [6.07, 6.45) is 5.34. The summed E-state index contributed by atoms with van der Waals surface area (Å²) in [6, 6.07) is 3.64. The van der Waals surface area contributed by atoms with Crippen LogP contribution in [0.1, 0.15) is 26.2 Å². The second-order valence-electron chi connectivity index (χ2n) is 4.77. The van der Waals surface area contributed by atoms with E-state index in [2.05, 4.69) is 4.90 Å². The average molecular weight is 250 g/mol. The van der Waals surface area contributed by atoms with Gasteiger partial charge in [-0.2, -0.15) is 0 Å². The highest BCUT2D eigenvalue weighted by molar-refractivity contribution is 5.17. The average Bonchev–Trinajstić information content (AvgIpc) is 2.89. The molecule has 4 heteroatoms. The molecule has 18 heavy (non-hydrogen) atoms. The molecule has 100 valence electrons. The van der Waals surface area contributed by atoms with E-state index in [9.17, 15) is 4.79 Å². The Balaban J connectivity index is 1.96. The molecule has 0 saturated carbocycles. The van der Waals surface area contributed by atoms with Crippen LogP contribution >= 0.6 is 0 Å². The van der Waals surface area contributed by atoms with Crippen LogP contribution in [0.2, 0.25) is 0 Å². The van der Waals surface area contributed by atoms with E-state index in [4.69, 9.17) is 4.74 Å². The van der Waals surface area contributed by atoms with Gasteiger partial charge >= 0.3 is 0 Å². The van der Waals surface area contributed by atoms with E-state index in [1.165, 1.54) is 25.9 Å². The molecule has 0 aliphatic carbocycles. The quantitative estimate of drug-likeness (QED) is 0.771. The highest BCUT2D eigenvalue weighted by Crippen LogP contribution is 2.07. The van der Waals surface area contributed by atoms with Crippen molar-refractivity contribution in [2.75, 3.05) is 26.2 Å². The van der Waals surface area contributed by atoms with E-state index < -0.39 is 0 Å². The van der Waals surface area contributed by atoms with Gasteiger partial charge in [0.05, 0.1) is 6.61 Å². The van der Waals surface area contributed by atoms with Crippen LogP contribution in [0.4, 0.5) is 0 Å². The molecule has 1 aromatic rings. The molecule has 0 radical (unpaired) electrons. The van der Waals surface area contributed by atoms with Crippen molar-refractivity contribution in [3.05, 3.63) is 28.7 Å². The normalized spacial score (nSPS) is 16.1. The van der Waals surface area contributed by atoms with Gasteiger partial charge in [-0.15, -0.1) is 0 Å². The maximum atomic E-state index is 12.1. The fraction of sp³-hybridized carbons (Fsp3) is 0.643. The van der Waals surface area contributed by atoms with E-state index in [1.807, 2.05) is 19.2 Å². The Labute approximate surface area is 108 Å². The number of ether oxygens (including phenoxy) is 1. The van der Waals surface area contributed by atoms with Crippen molar-refractivity contribution in [3.8, 4) is 5.75 Å². The molecule has 2 rings (SSSR count). The fourth-order valence-electron chi connectivity index (χ4n) is 2.27. The highest BCUT2D eigenvalue weighted by atomic mass is 16.5. The number of nitrogens with zero attached hydrogens (tertiary/aromatic N) is 2. The Morgan fingerprint density at radius 1 is 1.28 bits per heavy atom. The molecule has 1 aliphatic rings. The first kappa shape index (κ1) is 13.1. The first-order chi connectivity index (χ1) is 8.81. The molecule has 0 spiro atoms. The van der Waals surface area contributed by atoms with Crippen LogP contribution < -0.4 is 10.3 Å². The second-order valence-corrected chi connectivity index (χ2v) is 4.77. The van der Waals surface area contributed by atoms with Crippen molar-refractivity contribution in [3.63, 3.8) is 0 Å². The van der Waals surface area contributed by atoms with Crippen molar-refractivity contribution in [2.45, 2.75) is 32.7 Å². The Kier molecular flexibility index (Phi) is 4.81. The number of pyridine rings is 1. The largest absolute Gasteiger partial charge is 0.488 e. The van der Waals surface area contributed by atoms with Crippen molar-refractivity contribution in [1.82, 2.24) is 9.47 Å². The van der Waals surface area contributed by atoms with Gasteiger partial charge in [-0.25, -0.2) is 0 Å². The molecule has 1 aliphatic heterocycles. The van der Waals surface area contributed by atoms with Crippen LogP contribution in [0.15, 0.2) is 23.1 Å². The monoisotopic (exact) mass is 250 g/mol. The maximum absolute atomic E-state index is 12.1. The molecular weight excluding hydrogens is 228 g/mol. The molecule has 0 atom stereocenters. The van der Waals surface area contributed by atoms with Gasteiger partial charge in [0.25, 0.3) is 5.56 Å². The van der Waals surface area contributed by atoms with E-state index in [0.29, 0.717) is 12.4 Å². The molecule has 2 heterocycles. The van der Waals surface area contributed by atoms with E-state index in [1.54, 1.807) is 10.6 Å². The van der Waals surface area contributed by atoms with Gasteiger partial charge in [0.1, 0.15) is 0 Å². The summed E-state index contributed by atoms with van der Waals surface area (Å²) in [7, 11) is 0. The highest BCUT2D eigenvalue weighted by Gasteiger charge is 2.11. The Hall–Kier alpha value is -1.29. The zero-order valence-corrected chi connectivity index (χ0v) is 11.1. The van der Waals surface area contributed by atoms with Crippen molar-refractivity contribution in [2.24, 2.45) is 0 Å². The molecule has 1 aromatic heterocycles. The molecule has 0 amide bonds. The third kappa shape index (κ3) is 3.35. The van der Waals surface area contributed by atoms with Crippen molar-refractivity contribution in [1.29, 1.82) is 0 Å². The zero-order chi connectivity index (χ0) is 12.8. The van der Waals surface area contributed by atoms with Crippen LogP contribution in [0, 0.1) is 0 Å². The van der Waals surface area contributed by atoms with Gasteiger partial charge in [-0.1, -0.05) is 6.92 Å². The summed E-state index contributed by atoms with van der Waals surface area (Å²) in [5.41, 5.74) is -0.00912. The first-order valence-electron chi connectivity index (χ1n) is 6.86. The molecule has 0 unspecified atom stereocenters. The predicted octanol–water partition coefficient (Wildman–Crippen LogP) is 1.73. The third-order valence-corrected chi connectivity index (χ3v) is 3.30. The number of rotatable bonds is 6. The van der Waals surface area contributed by atoms with Crippen LogP contribution in [0.25, 0.3) is 0 Å². The van der Waals surface area contributed by atoms with E-state index in [0.717, 1.165) is 19.5 Å². The summed E-state index contributed by atoms with van der Waals surface area (Å²) in [6.45, 7) is 6.68. The minimum absolute atomic E-state index is 0.00912. The van der Waals surface area contributed by atoms with Gasteiger partial charge in [0.2, 0.25) is 0 Å². The number of hydrogen-bond acceptors (Lipinski definition) is 3. The summed E-state index contributed by atoms with van der Waals surface area (Å²) in [4.78, 5) is 14.5. The van der Waals surface area contributed by atoms with Gasteiger partial charge in [-0.3, -0.25) is 4.79 Å². The molecule has 1 fully saturated rings. The summed E-state index contributed by atoms with van der Waals surface area (Å²) in [5, 5.41) is 0. The van der Waals surface area contributed by atoms with Crippen molar-refractivity contribution >= 4 is 0 Å². The summed E-state index contributed by atoms with van der Waals surface area (Å²) < 4.78 is 7.20. The molecule has 1 saturated heterocycles. The van der Waals surface area contributed by atoms with Gasteiger partial charge < -0.3 is 14.2 Å². The van der Waals surface area contributed by atoms with Gasteiger partial charge in [-0.05, 0) is 44.5 Å². The summed E-state index contributed by atoms with van der Waals surface area (Å²) in [5.74, 6) is 0.473. The van der Waals surface area contributed by atoms with E-state index >= 15 is 0 Å². The van der Waals surface area contributed by atoms with Crippen LogP contribution in [-0.4, -0.2) is 35.7 Å². The van der Waals surface area contributed by atoms with Crippen LogP contribution in [0.3, 0.4) is 0 Å². The Morgan fingerprint density at radius 3 is 2.78 bits per heavy atom. The smallest absolute Gasteiger partial charge is 0.292 e. The minimum atomic E-state index is -0.00912. The second kappa shape index (κ2) is 6.59. The lowest BCUT2D eigenvalue weighted by molar-refractivity contribution is 0.301. The fourth-order valence-corrected chi connectivity index (χ4v) is 2.27. The Morgan fingerprint density at radius 2 is 2.06 bits per heavy atom. The van der Waals surface area contributed by atoms with Gasteiger partial charge in [0.15, 0.2) is 5.75 Å². The number of hydrogen-bond donors (Lipinski definition) is 0. The first-order valence-corrected chi connectivity index (χ1v) is 6.86. The van der Waals surface area contributed by atoms with Gasteiger partial charge in [0, 0.05) is 19.3 Å². The SMILES string of the molecule is CCCOc1cccn(CCN2CCCC2)c1=O. The number of likely N-dealkylation sites (tertiary alicyclic amines) is 1. The lowest BCUT2D eigenvalue weighted by Crippen LogP contribution is -2.29. The topological polar surface area (TPSA) is 34.5 Å². The molecule has 0 bridgehead atoms. The molecular formula is C14H22N2O2. The van der Waals surface area contributed by atoms with Crippen molar-refractivity contribution < 1.29 is 4.74 Å². The standard InChI is InChI=1S/C14H22N2O2/c1-2-12-18-13-6-5-9-16(14(13)17)11-10-15-7-3-4-8-15/h5-6,9H,2-4,7-8,10-12H2,1H3. The number of aromatic nitrogens is 1. The van der Waals surface area contributed by atoms with E-state index in [-0.39, 0.29) is 5.56 Å². The Bertz CT molecular complexity index is 422. The van der Waals surface area contributed by atoms with Crippen LogP contribution in [-0.2, 0) is 6.54 Å². The molecule has 0 N–H and O–H groups in total. The lowest BCUT2D eigenvalue weighted by atomic mass is 10.4. The lowest BCUT2D eigenvalue weighted by Gasteiger charge is -2.15. The zero-order valence-electron chi connectivity index (χ0n) is 11.1. The third-order valence-electron chi connectivity index (χ3n) is 3.30. The summed E-state index contributed by atoms with van der Waals surface area (Å²) >= 11 is 0. The molecule has 4 nitrogen and oxygen atoms in total.